The van der Waals surface area contributed by atoms with Gasteiger partial charge < -0.3 is 4.90 Å². The predicted octanol–water partition coefficient (Wildman–Crippen LogP) is 1.23. The molecule has 1 heterocycles. The van der Waals surface area contributed by atoms with Gasteiger partial charge in [0.15, 0.2) is 0 Å². The van der Waals surface area contributed by atoms with Gasteiger partial charge in [0.1, 0.15) is 11.8 Å². The van der Waals surface area contributed by atoms with E-state index >= 15 is 0 Å². The smallest absolute Gasteiger partial charge is 0.226 e. The summed E-state index contributed by atoms with van der Waals surface area (Å²) in [5.41, 5.74) is 0.368. The lowest BCUT2D eigenvalue weighted by Crippen LogP contribution is -2.28. The van der Waals surface area contributed by atoms with E-state index in [1.807, 2.05) is 11.0 Å². The molecule has 0 aliphatic heterocycles. The Morgan fingerprint density at radius 1 is 1.44 bits per heavy atom. The van der Waals surface area contributed by atoms with Gasteiger partial charge in [-0.05, 0) is 18.9 Å². The lowest BCUT2D eigenvalue weighted by molar-refractivity contribution is 0.758. The fourth-order valence-corrected chi connectivity index (χ4v) is 1.55. The monoisotopic (exact) mass is 213 g/mol. The second kappa shape index (κ2) is 4.59. The van der Waals surface area contributed by atoms with E-state index in [0.717, 1.165) is 12.8 Å². The summed E-state index contributed by atoms with van der Waals surface area (Å²) in [4.78, 5) is 10.3. The maximum atomic E-state index is 8.76. The van der Waals surface area contributed by atoms with Crippen LogP contribution in [0, 0.1) is 22.7 Å². The van der Waals surface area contributed by atoms with Gasteiger partial charge in [0, 0.05) is 18.8 Å². The summed E-state index contributed by atoms with van der Waals surface area (Å²) in [6.07, 6.45) is 4.27. The average Bonchev–Trinajstić information content (AvgIpc) is 3.14. The molecule has 0 aromatic carbocycles. The summed E-state index contributed by atoms with van der Waals surface area (Å²) in [5.74, 6) is 0.566. The summed E-state index contributed by atoms with van der Waals surface area (Å²) in [6.45, 7) is 0.635. The molecule has 5 heteroatoms. The van der Waals surface area contributed by atoms with Crippen molar-refractivity contribution in [1.29, 1.82) is 10.5 Å². The van der Waals surface area contributed by atoms with Crippen molar-refractivity contribution in [3.63, 3.8) is 0 Å². The van der Waals surface area contributed by atoms with Crippen LogP contribution in [0.5, 0.6) is 0 Å². The van der Waals surface area contributed by atoms with Gasteiger partial charge in [-0.3, -0.25) is 0 Å². The first-order valence-corrected chi connectivity index (χ1v) is 5.22. The molecule has 1 aliphatic rings. The molecule has 2 rings (SSSR count). The Morgan fingerprint density at radius 3 is 2.88 bits per heavy atom. The molecular weight excluding hydrogens is 202 g/mol. The molecule has 1 aliphatic carbocycles. The Morgan fingerprint density at radius 2 is 2.25 bits per heavy atom. The van der Waals surface area contributed by atoms with Gasteiger partial charge in [0.05, 0.1) is 12.5 Å². The van der Waals surface area contributed by atoms with Gasteiger partial charge in [-0.1, -0.05) is 0 Å². The predicted molar refractivity (Wildman–Crippen MR) is 57.3 cm³/mol. The molecular formula is C11H11N5. The van der Waals surface area contributed by atoms with Crippen LogP contribution < -0.4 is 4.90 Å². The molecule has 1 aromatic rings. The molecule has 1 fully saturated rings. The molecule has 16 heavy (non-hydrogen) atoms. The van der Waals surface area contributed by atoms with Crippen LogP contribution in [0.25, 0.3) is 0 Å². The lowest BCUT2D eigenvalue weighted by atomic mass is 10.4. The highest BCUT2D eigenvalue weighted by molar-refractivity contribution is 5.36. The van der Waals surface area contributed by atoms with Crippen molar-refractivity contribution < 1.29 is 0 Å². The van der Waals surface area contributed by atoms with Crippen molar-refractivity contribution in [3.8, 4) is 12.1 Å². The second-order valence-electron chi connectivity index (χ2n) is 3.69. The summed E-state index contributed by atoms with van der Waals surface area (Å²) in [7, 11) is 0. The highest BCUT2D eigenvalue weighted by atomic mass is 15.3. The number of rotatable bonds is 4. The van der Waals surface area contributed by atoms with Crippen molar-refractivity contribution in [2.75, 3.05) is 11.4 Å². The Bertz CT molecular complexity index is 452. The Balaban J connectivity index is 2.18. The minimum atomic E-state index is 0.368. The quantitative estimate of drug-likeness (QED) is 0.751. The molecule has 1 saturated carbocycles. The highest BCUT2D eigenvalue weighted by Gasteiger charge is 2.30. The zero-order valence-electron chi connectivity index (χ0n) is 8.80. The molecule has 0 spiro atoms. The molecule has 0 atom stereocenters. The minimum absolute atomic E-state index is 0.368. The summed E-state index contributed by atoms with van der Waals surface area (Å²) < 4.78 is 0. The summed E-state index contributed by atoms with van der Waals surface area (Å²) >= 11 is 0. The van der Waals surface area contributed by atoms with Crippen LogP contribution in [0.2, 0.25) is 0 Å². The van der Waals surface area contributed by atoms with E-state index in [0.29, 0.717) is 30.6 Å². The minimum Gasteiger partial charge on any atom is -0.337 e. The number of aromatic nitrogens is 2. The number of hydrogen-bond acceptors (Lipinski definition) is 5. The molecule has 0 N–H and O–H groups in total. The first-order valence-electron chi connectivity index (χ1n) is 5.22. The van der Waals surface area contributed by atoms with Gasteiger partial charge in [-0.15, -0.1) is 0 Å². The summed E-state index contributed by atoms with van der Waals surface area (Å²) in [6, 6.07) is 6.14. The number of hydrogen-bond donors (Lipinski definition) is 0. The number of anilines is 1. The normalized spacial score (nSPS) is 13.9. The fraction of sp³-hybridized carbons (Fsp3) is 0.455. The van der Waals surface area contributed by atoms with E-state index in [9.17, 15) is 0 Å². The topological polar surface area (TPSA) is 76.6 Å². The van der Waals surface area contributed by atoms with Gasteiger partial charge in [-0.25, -0.2) is 9.97 Å². The second-order valence-corrected chi connectivity index (χ2v) is 3.69. The van der Waals surface area contributed by atoms with E-state index in [1.165, 1.54) is 0 Å². The fourth-order valence-electron chi connectivity index (χ4n) is 1.55. The standard InChI is InChI=1S/C11H11N5/c12-5-1-7-16(10-2-3-10)11-14-6-4-9(8-13)15-11/h4,6,10H,1-3,7H2. The third-order valence-corrected chi connectivity index (χ3v) is 2.47. The number of nitrogens with zero attached hydrogens (tertiary/aromatic N) is 5. The van der Waals surface area contributed by atoms with Crippen molar-refractivity contribution in [3.05, 3.63) is 18.0 Å². The van der Waals surface area contributed by atoms with Crippen LogP contribution in [-0.2, 0) is 0 Å². The zero-order valence-corrected chi connectivity index (χ0v) is 8.80. The SMILES string of the molecule is N#CCCN(c1nccc(C#N)n1)C1CC1. The third kappa shape index (κ3) is 2.26. The number of nitriles is 2. The molecule has 0 radical (unpaired) electrons. The average molecular weight is 213 g/mol. The maximum Gasteiger partial charge on any atom is 0.226 e. The van der Waals surface area contributed by atoms with E-state index in [4.69, 9.17) is 10.5 Å². The van der Waals surface area contributed by atoms with Gasteiger partial charge >= 0.3 is 0 Å². The van der Waals surface area contributed by atoms with Gasteiger partial charge in [-0.2, -0.15) is 10.5 Å². The first-order chi connectivity index (χ1) is 7.85. The third-order valence-electron chi connectivity index (χ3n) is 2.47. The van der Waals surface area contributed by atoms with Crippen molar-refractivity contribution in [2.45, 2.75) is 25.3 Å². The molecule has 0 bridgehead atoms. The Kier molecular flexibility index (Phi) is 2.98. The molecule has 1 aromatic heterocycles. The van der Waals surface area contributed by atoms with E-state index in [2.05, 4.69) is 16.0 Å². The van der Waals surface area contributed by atoms with Crippen LogP contribution in [0.3, 0.4) is 0 Å². The van der Waals surface area contributed by atoms with Crippen molar-refractivity contribution in [2.24, 2.45) is 0 Å². The zero-order chi connectivity index (χ0) is 11.4. The Hall–Kier alpha value is -2.14. The van der Waals surface area contributed by atoms with Crippen LogP contribution in [0.4, 0.5) is 5.95 Å². The first kappa shape index (κ1) is 10.4. The molecule has 0 unspecified atom stereocenters. The molecule has 0 amide bonds. The summed E-state index contributed by atoms with van der Waals surface area (Å²) in [5, 5.41) is 17.4. The van der Waals surface area contributed by atoms with E-state index < -0.39 is 0 Å². The largest absolute Gasteiger partial charge is 0.337 e. The Labute approximate surface area is 94.0 Å². The van der Waals surface area contributed by atoms with Crippen LogP contribution in [0.1, 0.15) is 25.0 Å². The van der Waals surface area contributed by atoms with Crippen LogP contribution in [0.15, 0.2) is 12.3 Å². The molecule has 5 nitrogen and oxygen atoms in total. The van der Waals surface area contributed by atoms with Crippen LogP contribution in [-0.4, -0.2) is 22.6 Å². The molecule has 0 saturated heterocycles. The lowest BCUT2D eigenvalue weighted by Gasteiger charge is -2.20. The van der Waals surface area contributed by atoms with Crippen molar-refractivity contribution in [1.82, 2.24) is 9.97 Å². The van der Waals surface area contributed by atoms with E-state index in [1.54, 1.807) is 12.3 Å². The van der Waals surface area contributed by atoms with Crippen LogP contribution >= 0.6 is 0 Å². The highest BCUT2D eigenvalue weighted by Crippen LogP contribution is 2.29. The van der Waals surface area contributed by atoms with Gasteiger partial charge in [0.25, 0.3) is 0 Å². The van der Waals surface area contributed by atoms with Gasteiger partial charge in [0.2, 0.25) is 5.95 Å². The molecule has 80 valence electrons. The van der Waals surface area contributed by atoms with Crippen molar-refractivity contribution >= 4 is 5.95 Å². The van der Waals surface area contributed by atoms with E-state index in [-0.39, 0.29) is 0 Å². The maximum absolute atomic E-state index is 8.76.